The Balaban J connectivity index is 1.60. The number of ether oxygens (including phenoxy) is 2. The fourth-order valence-corrected chi connectivity index (χ4v) is 2.97. The zero-order valence-electron chi connectivity index (χ0n) is 16.4. The van der Waals surface area contributed by atoms with Gasteiger partial charge < -0.3 is 9.47 Å². The number of nitrogens with one attached hydrogen (secondary N) is 1. The monoisotopic (exact) mass is 386 g/mol. The van der Waals surface area contributed by atoms with Crippen molar-refractivity contribution in [2.45, 2.75) is 31.9 Å². The number of rotatable bonds is 11. The second kappa shape index (κ2) is 11.8. The summed E-state index contributed by atoms with van der Waals surface area (Å²) in [7, 11) is 0. The summed E-state index contributed by atoms with van der Waals surface area (Å²) in [4.78, 5) is 0. The van der Waals surface area contributed by atoms with Crippen LogP contribution in [0.15, 0.2) is 91.0 Å². The van der Waals surface area contributed by atoms with Gasteiger partial charge in [-0.05, 0) is 16.7 Å². The minimum Gasteiger partial charge on any atom is -0.374 e. The molecule has 0 spiro atoms. The summed E-state index contributed by atoms with van der Waals surface area (Å²) < 4.78 is 12.0. The maximum absolute atomic E-state index is 9.74. The number of nitriles is 1. The molecule has 4 heteroatoms. The molecule has 2 atom stereocenters. The molecule has 0 unspecified atom stereocenters. The zero-order valence-corrected chi connectivity index (χ0v) is 16.4. The fourth-order valence-electron chi connectivity index (χ4n) is 2.97. The van der Waals surface area contributed by atoms with Crippen molar-refractivity contribution >= 4 is 0 Å². The van der Waals surface area contributed by atoms with Crippen LogP contribution in [0.2, 0.25) is 0 Å². The molecular weight excluding hydrogens is 360 g/mol. The summed E-state index contributed by atoms with van der Waals surface area (Å²) in [6, 6.07) is 31.9. The summed E-state index contributed by atoms with van der Waals surface area (Å²) in [5.41, 5.74) is 3.29. The molecule has 0 saturated carbocycles. The molecule has 1 N–H and O–H groups in total. The molecule has 0 radical (unpaired) electrons. The molecule has 3 aromatic carbocycles. The fraction of sp³-hybridized carbons (Fsp3) is 0.240. The van der Waals surface area contributed by atoms with Gasteiger partial charge in [0.05, 0.1) is 25.9 Å². The van der Waals surface area contributed by atoms with Crippen LogP contribution in [0.25, 0.3) is 0 Å². The lowest BCUT2D eigenvalue weighted by Crippen LogP contribution is -2.42. The lowest BCUT2D eigenvalue weighted by atomic mass is 10.1. The van der Waals surface area contributed by atoms with E-state index in [0.717, 1.165) is 16.7 Å². The largest absolute Gasteiger partial charge is 0.374 e. The van der Waals surface area contributed by atoms with Gasteiger partial charge in [-0.15, -0.1) is 0 Å². The molecule has 0 fully saturated rings. The van der Waals surface area contributed by atoms with Gasteiger partial charge in [0.2, 0.25) is 0 Å². The van der Waals surface area contributed by atoms with E-state index in [1.807, 2.05) is 91.0 Å². The van der Waals surface area contributed by atoms with Crippen molar-refractivity contribution in [1.29, 1.82) is 5.26 Å². The van der Waals surface area contributed by atoms with Crippen molar-refractivity contribution in [3.8, 4) is 6.07 Å². The van der Waals surface area contributed by atoms with E-state index in [0.29, 0.717) is 26.4 Å². The number of hydrogen-bond acceptors (Lipinski definition) is 4. The van der Waals surface area contributed by atoms with Crippen molar-refractivity contribution < 1.29 is 9.47 Å². The first-order chi connectivity index (χ1) is 14.3. The molecule has 148 valence electrons. The summed E-state index contributed by atoms with van der Waals surface area (Å²) in [6.07, 6.45) is -0.382. The Hall–Kier alpha value is -2.97. The molecule has 0 bridgehead atoms. The third-order valence-corrected chi connectivity index (χ3v) is 4.58. The molecule has 3 rings (SSSR count). The Labute approximate surface area is 172 Å². The van der Waals surface area contributed by atoms with E-state index in [1.54, 1.807) is 0 Å². The van der Waals surface area contributed by atoms with E-state index in [9.17, 15) is 5.26 Å². The summed E-state index contributed by atoms with van der Waals surface area (Å²) in [5.74, 6) is 0. The number of benzene rings is 3. The SMILES string of the molecule is N#C[C@@H](NCc1ccccc1)[C@@H](COCc1ccccc1)OCc1ccccc1. The molecule has 0 aromatic heterocycles. The average molecular weight is 386 g/mol. The molecule has 0 heterocycles. The first-order valence-electron chi connectivity index (χ1n) is 9.79. The quantitative estimate of drug-likeness (QED) is 0.528. The topological polar surface area (TPSA) is 54.3 Å². The highest BCUT2D eigenvalue weighted by Gasteiger charge is 2.22. The number of nitrogens with zero attached hydrogens (tertiary/aromatic N) is 1. The Kier molecular flexibility index (Phi) is 8.43. The predicted octanol–water partition coefficient (Wildman–Crippen LogP) is 4.47. The maximum Gasteiger partial charge on any atom is 0.124 e. The first-order valence-corrected chi connectivity index (χ1v) is 9.79. The highest BCUT2D eigenvalue weighted by atomic mass is 16.5. The number of hydrogen-bond donors (Lipinski definition) is 1. The van der Waals surface area contributed by atoms with Gasteiger partial charge in [-0.3, -0.25) is 5.32 Å². The summed E-state index contributed by atoms with van der Waals surface area (Å²) in [6.45, 7) is 1.86. The Morgan fingerprint density at radius 2 is 1.24 bits per heavy atom. The van der Waals surface area contributed by atoms with Crippen LogP contribution < -0.4 is 5.32 Å². The lowest BCUT2D eigenvalue weighted by Gasteiger charge is -2.24. The van der Waals surface area contributed by atoms with Crippen molar-refractivity contribution in [2.75, 3.05) is 6.61 Å². The third kappa shape index (κ3) is 7.17. The van der Waals surface area contributed by atoms with Crippen LogP contribution in [-0.4, -0.2) is 18.8 Å². The van der Waals surface area contributed by atoms with Gasteiger partial charge in [-0.1, -0.05) is 91.0 Å². The minimum absolute atomic E-state index is 0.335. The lowest BCUT2D eigenvalue weighted by molar-refractivity contribution is -0.0391. The highest BCUT2D eigenvalue weighted by molar-refractivity contribution is 5.16. The van der Waals surface area contributed by atoms with Crippen LogP contribution in [0.4, 0.5) is 0 Å². The van der Waals surface area contributed by atoms with Crippen LogP contribution in [-0.2, 0) is 29.2 Å². The standard InChI is InChI=1S/C25H26N2O2/c26-16-24(27-17-21-10-4-1-5-11-21)25(29-19-23-14-8-3-9-15-23)20-28-18-22-12-6-2-7-13-22/h1-15,24-25,27H,17-20H2/t24-,25-/m1/s1. The van der Waals surface area contributed by atoms with E-state index < -0.39 is 6.04 Å². The summed E-state index contributed by atoms with van der Waals surface area (Å²) >= 11 is 0. The zero-order chi connectivity index (χ0) is 20.2. The second-order valence-corrected chi connectivity index (χ2v) is 6.81. The Bertz CT molecular complexity index is 864. The van der Waals surface area contributed by atoms with Gasteiger partial charge in [-0.2, -0.15) is 5.26 Å². The van der Waals surface area contributed by atoms with Gasteiger partial charge in [0.1, 0.15) is 12.1 Å². The molecule has 0 aliphatic carbocycles. The van der Waals surface area contributed by atoms with Crippen LogP contribution in [0.1, 0.15) is 16.7 Å². The van der Waals surface area contributed by atoms with Gasteiger partial charge in [0.15, 0.2) is 0 Å². The van der Waals surface area contributed by atoms with Gasteiger partial charge >= 0.3 is 0 Å². The normalized spacial score (nSPS) is 12.8. The molecule has 4 nitrogen and oxygen atoms in total. The highest BCUT2D eigenvalue weighted by Crippen LogP contribution is 2.10. The van der Waals surface area contributed by atoms with Crippen LogP contribution >= 0.6 is 0 Å². The van der Waals surface area contributed by atoms with Crippen molar-refractivity contribution in [1.82, 2.24) is 5.32 Å². The molecule has 0 saturated heterocycles. The average Bonchev–Trinajstić information content (AvgIpc) is 2.79. The van der Waals surface area contributed by atoms with E-state index >= 15 is 0 Å². The maximum atomic E-state index is 9.74. The van der Waals surface area contributed by atoms with E-state index in [1.165, 1.54) is 0 Å². The second-order valence-electron chi connectivity index (χ2n) is 6.81. The third-order valence-electron chi connectivity index (χ3n) is 4.58. The molecule has 0 aliphatic rings. The Morgan fingerprint density at radius 1 is 0.724 bits per heavy atom. The summed E-state index contributed by atoms with van der Waals surface area (Å²) in [5, 5.41) is 13.0. The molecule has 29 heavy (non-hydrogen) atoms. The van der Waals surface area contributed by atoms with E-state index in [-0.39, 0.29) is 6.10 Å². The van der Waals surface area contributed by atoms with Crippen molar-refractivity contribution in [3.05, 3.63) is 108 Å². The van der Waals surface area contributed by atoms with Crippen LogP contribution in [0, 0.1) is 11.3 Å². The molecule has 0 amide bonds. The van der Waals surface area contributed by atoms with Crippen molar-refractivity contribution in [3.63, 3.8) is 0 Å². The van der Waals surface area contributed by atoms with Crippen LogP contribution in [0.5, 0.6) is 0 Å². The molecule has 0 aliphatic heterocycles. The van der Waals surface area contributed by atoms with Crippen LogP contribution in [0.3, 0.4) is 0 Å². The van der Waals surface area contributed by atoms with Gasteiger partial charge in [0.25, 0.3) is 0 Å². The first kappa shape index (κ1) is 20.8. The van der Waals surface area contributed by atoms with E-state index in [4.69, 9.17) is 9.47 Å². The smallest absolute Gasteiger partial charge is 0.124 e. The Morgan fingerprint density at radius 3 is 1.79 bits per heavy atom. The van der Waals surface area contributed by atoms with Gasteiger partial charge in [0, 0.05) is 6.54 Å². The predicted molar refractivity (Wildman–Crippen MR) is 114 cm³/mol. The van der Waals surface area contributed by atoms with Crippen molar-refractivity contribution in [2.24, 2.45) is 0 Å². The van der Waals surface area contributed by atoms with E-state index in [2.05, 4.69) is 11.4 Å². The molecule has 3 aromatic rings. The molecular formula is C25H26N2O2. The minimum atomic E-state index is -0.477. The van der Waals surface area contributed by atoms with Gasteiger partial charge in [-0.25, -0.2) is 0 Å².